The van der Waals surface area contributed by atoms with Crippen molar-refractivity contribution >= 4 is 38.9 Å². The van der Waals surface area contributed by atoms with Gasteiger partial charge in [-0.05, 0) is 149 Å². The number of carbonyl (C=O) groups excluding carboxylic acids is 3. The van der Waals surface area contributed by atoms with Crippen molar-refractivity contribution in [2.75, 3.05) is 143 Å². The Labute approximate surface area is 757 Å². The number of phenolic OH excluding ortho intramolecular Hbond substituents is 5. The third-order valence-corrected chi connectivity index (χ3v) is 19.5. The Bertz CT molecular complexity index is 4900. The molecule has 33 nitrogen and oxygen atoms in total. The molecular formula is C90H102BClNaO33. The minimum atomic E-state index is -0.256. The quantitative estimate of drug-likeness (QED) is 0.00806. The van der Waals surface area contributed by atoms with Crippen molar-refractivity contribution in [1.29, 1.82) is 0 Å². The van der Waals surface area contributed by atoms with E-state index in [0.29, 0.717) is 193 Å². The van der Waals surface area contributed by atoms with Crippen LogP contribution in [-0.2, 0) is 72.8 Å². The van der Waals surface area contributed by atoms with Gasteiger partial charge in [0.1, 0.15) is 75.8 Å². The Morgan fingerprint density at radius 3 is 0.810 bits per heavy atom. The molecule has 6 aliphatic rings. The number of alkyl halides is 1. The molecule has 6 saturated heterocycles. The Morgan fingerprint density at radius 2 is 0.556 bits per heavy atom. The van der Waals surface area contributed by atoms with Gasteiger partial charge in [0.05, 0.1) is 162 Å². The van der Waals surface area contributed by atoms with Gasteiger partial charge in [0.15, 0.2) is 103 Å². The van der Waals surface area contributed by atoms with Crippen LogP contribution in [0.2, 0.25) is 0 Å². The van der Waals surface area contributed by atoms with Gasteiger partial charge in [0, 0.05) is 69.6 Å². The second kappa shape index (κ2) is 49.4. The van der Waals surface area contributed by atoms with Crippen LogP contribution in [0.5, 0.6) is 103 Å². The first kappa shape index (κ1) is 101. The summed E-state index contributed by atoms with van der Waals surface area (Å²) >= 11 is 5.27. The third kappa shape index (κ3) is 27.9. The fourth-order valence-corrected chi connectivity index (χ4v) is 12.3. The molecule has 6 atom stereocenters. The summed E-state index contributed by atoms with van der Waals surface area (Å²) in [6, 6.07) is 30.6. The number of aldehydes is 3. The summed E-state index contributed by atoms with van der Waals surface area (Å²) in [5.41, 5.74) is 8.57. The first-order valence-corrected chi connectivity index (χ1v) is 39.3. The van der Waals surface area contributed by atoms with Crippen LogP contribution >= 0.6 is 11.6 Å². The van der Waals surface area contributed by atoms with Crippen LogP contribution in [0.1, 0.15) is 65.9 Å². The van der Waals surface area contributed by atoms with Gasteiger partial charge >= 0.3 is 29.6 Å². The second-order valence-electron chi connectivity index (χ2n) is 28.0. The monoisotopic (exact) mass is 1780 g/mol. The number of rotatable bonds is 38. The fraction of sp³-hybridized carbons (Fsp3) is 0.367. The number of hydrogen-bond donors (Lipinski definition) is 10. The van der Waals surface area contributed by atoms with E-state index in [2.05, 4.69) is 0 Å². The Balaban J connectivity index is 0.000000220. The van der Waals surface area contributed by atoms with Crippen molar-refractivity contribution in [3.8, 4) is 148 Å². The first-order valence-electron chi connectivity index (χ1n) is 38.7. The summed E-state index contributed by atoms with van der Waals surface area (Å²) < 4.78 is 109. The number of phenols is 5. The van der Waals surface area contributed by atoms with Gasteiger partial charge in [-0.1, -0.05) is 0 Å². The van der Waals surface area contributed by atoms with Crippen LogP contribution < -0.4 is 91.1 Å². The van der Waals surface area contributed by atoms with Crippen molar-refractivity contribution in [3.05, 3.63) is 165 Å². The maximum absolute atomic E-state index is 11.0. The largest absolute Gasteiger partial charge is 1.00 e. The number of benzene rings is 9. The van der Waals surface area contributed by atoms with Gasteiger partial charge in [-0.25, -0.2) is 0 Å². The van der Waals surface area contributed by atoms with Gasteiger partial charge < -0.3 is 147 Å². The van der Waals surface area contributed by atoms with Crippen molar-refractivity contribution in [3.63, 3.8) is 0 Å². The summed E-state index contributed by atoms with van der Waals surface area (Å²) in [7, 11) is 13.2. The zero-order valence-corrected chi connectivity index (χ0v) is 74.0. The Hall–Kier alpha value is -10.7. The molecule has 0 bridgehead atoms. The molecular weight excluding hydrogens is 1680 g/mol. The van der Waals surface area contributed by atoms with Gasteiger partial charge in [-0.2, -0.15) is 0 Å². The number of aliphatic hydroxyl groups excluding tert-OH is 5. The zero-order chi connectivity index (χ0) is 89.1. The maximum atomic E-state index is 11.0. The number of halogens is 1. The molecule has 9 aromatic carbocycles. The Kier molecular flexibility index (Phi) is 39.5. The summed E-state index contributed by atoms with van der Waals surface area (Å²) in [6.07, 6.45) is 2.70. The van der Waals surface area contributed by atoms with E-state index in [-0.39, 0.29) is 188 Å². The molecule has 36 heteroatoms. The Morgan fingerprint density at radius 1 is 0.317 bits per heavy atom. The van der Waals surface area contributed by atoms with E-state index in [1.165, 1.54) is 102 Å². The molecule has 0 aliphatic carbocycles. The molecule has 0 aromatic heterocycles. The van der Waals surface area contributed by atoms with Crippen LogP contribution in [0.4, 0.5) is 0 Å². The van der Waals surface area contributed by atoms with E-state index < -0.39 is 0 Å². The standard InChI is InChI=1S/C25H30O9.C22H26O8.C16H18O6.C16H14O6.C8H8O3.C3H5ClO.B.Na.H/c1-27-22-5-15(7-26)3-20(24(22)33-13-18-11-31-18)21-4-16(8-29-9-17-10-30-17)6-23(28-2)25(21)34-14-19-12-32-19;1-25-19-5-13(7-23)3-17(21(19)29-11-15-9-27-15)18-4-14(8-24)6-20(26-2)22(18)30-12-16-10-28-16;2*1-21-13-5-9(7-17)3-11(15(13)19)12-4-10(8-18)6-14(22-2)16(12)20;1-11-8-4-6(5-9)2-3-7(8)10;4-1-3-2-5-3;;;/h3-6,17-19,26H,7-14H2,1-2H3;3-6,15-16,23-24H,7-12H2,1-2H3;3-6,17-20H,7-8H2,1-2H3;3-8,19-20H,1-2H3;2-5,10H,1H3;3H,1-2H2;;;/q;;;;;;;+1;-1. The summed E-state index contributed by atoms with van der Waals surface area (Å²) in [5.74, 6) is 4.87. The fourth-order valence-electron chi connectivity index (χ4n) is 12.1. The van der Waals surface area contributed by atoms with Crippen LogP contribution in [-0.4, -0.2) is 258 Å². The van der Waals surface area contributed by atoms with E-state index in [1.807, 2.05) is 30.3 Å². The van der Waals surface area contributed by atoms with Crippen LogP contribution in [0.3, 0.4) is 0 Å². The van der Waals surface area contributed by atoms with Gasteiger partial charge in [0.2, 0.25) is 0 Å². The molecule has 6 fully saturated rings. The smallest absolute Gasteiger partial charge is 1.00 e. The molecule has 671 valence electrons. The molecule has 10 N–H and O–H groups in total. The third-order valence-electron chi connectivity index (χ3n) is 19.2. The normalized spacial score (nSPS) is 16.4. The average Bonchev–Trinajstić information content (AvgIpc) is 1.79. The molecule has 0 saturated carbocycles. The molecule has 0 amide bonds. The predicted molar refractivity (Wildman–Crippen MR) is 455 cm³/mol. The molecule has 9 aromatic rings. The molecule has 3 radical (unpaired) electrons. The van der Waals surface area contributed by atoms with E-state index >= 15 is 0 Å². The molecule has 15 rings (SSSR count). The number of carbonyl (C=O) groups is 3. The maximum Gasteiger partial charge on any atom is 1.00 e. The summed E-state index contributed by atoms with van der Waals surface area (Å²) in [5, 5.41) is 98.3. The number of aromatic hydroxyl groups is 5. The van der Waals surface area contributed by atoms with Crippen molar-refractivity contribution in [2.45, 2.75) is 76.3 Å². The number of methoxy groups -OCH3 is 9. The van der Waals surface area contributed by atoms with E-state index in [9.17, 15) is 60.3 Å². The van der Waals surface area contributed by atoms with Crippen LogP contribution in [0.25, 0.3) is 44.5 Å². The number of ether oxygens (including phenoxy) is 20. The minimum Gasteiger partial charge on any atom is -1.00 e. The molecule has 6 heterocycles. The van der Waals surface area contributed by atoms with E-state index in [4.69, 9.17) is 111 Å². The van der Waals surface area contributed by atoms with E-state index in [0.717, 1.165) is 29.9 Å². The van der Waals surface area contributed by atoms with Crippen molar-refractivity contribution < 1.29 is 191 Å². The van der Waals surface area contributed by atoms with Crippen molar-refractivity contribution in [2.24, 2.45) is 0 Å². The minimum absolute atomic E-state index is 0. The molecule has 6 aliphatic heterocycles. The molecule has 6 unspecified atom stereocenters. The number of epoxide rings is 6. The van der Waals surface area contributed by atoms with Crippen LogP contribution in [0, 0.1) is 0 Å². The number of aliphatic hydroxyl groups is 5. The van der Waals surface area contributed by atoms with Crippen molar-refractivity contribution in [1.82, 2.24) is 0 Å². The average molecular weight is 1780 g/mol. The van der Waals surface area contributed by atoms with Gasteiger partial charge in [0.25, 0.3) is 0 Å². The molecule has 126 heavy (non-hydrogen) atoms. The summed E-state index contributed by atoms with van der Waals surface area (Å²) in [6.45, 7) is 5.80. The zero-order valence-electron chi connectivity index (χ0n) is 72.2. The predicted octanol–water partition coefficient (Wildman–Crippen LogP) is 6.99. The van der Waals surface area contributed by atoms with E-state index in [1.54, 1.807) is 46.6 Å². The second-order valence-corrected chi connectivity index (χ2v) is 28.4. The van der Waals surface area contributed by atoms with Gasteiger partial charge in [-0.3, -0.25) is 14.4 Å². The number of hydrogen-bond acceptors (Lipinski definition) is 33. The topological polar surface area (TPSA) is 458 Å². The summed E-state index contributed by atoms with van der Waals surface area (Å²) in [4.78, 5) is 32.3. The SMILES string of the molecule is COc1cc(C=O)cc(-c2cc(C=O)cc(OC)c2O)c1O.COc1cc(C=O)ccc1O.COc1cc(CO)cc(-c2cc(CO)cc(OC)c2O)c1O.COc1cc(CO)cc(-c2cc(CO)cc(OC)c2OCC2CO2)c1OCC1CO1.COc1cc(CO)cc(-c2cc(COCC3CO3)cc(OC)c2OCC2CO2)c1OCC1CO1.ClCC1CO1.[B].[H-].[Na+]. The van der Waals surface area contributed by atoms with Gasteiger partial charge in [-0.15, -0.1) is 11.6 Å². The molecule has 0 spiro atoms. The van der Waals surface area contributed by atoms with Crippen LogP contribution in [0.15, 0.2) is 115 Å². The first-order chi connectivity index (χ1) is 60.1.